The number of anilines is 3. The lowest BCUT2D eigenvalue weighted by Gasteiger charge is -2.28. The molecule has 1 heterocycles. The van der Waals surface area contributed by atoms with Crippen molar-refractivity contribution in [2.45, 2.75) is 25.7 Å². The number of rotatable bonds is 10. The Balaban J connectivity index is 1.12. The topological polar surface area (TPSA) is 42.3 Å². The fraction of sp³-hybridized carbons (Fsp3) is 0.0741. The largest absolute Gasteiger partial charge is 0.310 e. The van der Waals surface area contributed by atoms with Gasteiger partial charge >= 0.3 is 0 Å². The lowest BCUT2D eigenvalue weighted by Crippen LogP contribution is -2.28. The zero-order valence-corrected chi connectivity index (χ0v) is 32.6. The third kappa shape index (κ3) is 6.39. The average Bonchev–Trinajstić information content (AvgIpc) is 3.70. The van der Waals surface area contributed by atoms with E-state index in [1.165, 1.54) is 33.4 Å². The van der Waals surface area contributed by atoms with Crippen LogP contribution in [-0.2, 0) is 11.8 Å². The fourth-order valence-corrected chi connectivity index (χ4v) is 8.61. The Labute approximate surface area is 339 Å². The van der Waals surface area contributed by atoms with Crippen molar-refractivity contribution in [2.24, 2.45) is 0 Å². The molecule has 58 heavy (non-hydrogen) atoms. The predicted octanol–water partition coefficient (Wildman–Crippen LogP) is 11.7. The number of fused-ring (bicyclic) bond motifs is 4. The summed E-state index contributed by atoms with van der Waals surface area (Å²) in [5, 5.41) is 2.94. The lowest BCUT2D eigenvalue weighted by molar-refractivity contribution is 0.111. The number of benzene rings is 7. The smallest absolute Gasteiger partial charge is 0.150 e. The molecule has 0 aliphatic heterocycles. The second kappa shape index (κ2) is 15.0. The molecule has 7 aromatic carbocycles. The Kier molecular flexibility index (Phi) is 9.39. The summed E-state index contributed by atoms with van der Waals surface area (Å²) in [5.74, 6) is 0. The molecule has 8 aromatic rings. The Morgan fingerprint density at radius 1 is 0.603 bits per heavy atom. The fourth-order valence-electron chi connectivity index (χ4n) is 8.61. The van der Waals surface area contributed by atoms with Gasteiger partial charge in [-0.2, -0.15) is 0 Å². The maximum atomic E-state index is 11.9. The lowest BCUT2D eigenvalue weighted by atomic mass is 9.82. The van der Waals surface area contributed by atoms with Gasteiger partial charge in [0.1, 0.15) is 12.6 Å². The first kappa shape index (κ1) is 36.3. The van der Waals surface area contributed by atoms with E-state index in [-0.39, 0.29) is 5.41 Å². The zero-order valence-electron chi connectivity index (χ0n) is 32.6. The van der Waals surface area contributed by atoms with E-state index in [1.807, 2.05) is 54.6 Å². The number of carbonyl (C=O) groups excluding carboxylic acids is 2. The predicted molar refractivity (Wildman–Crippen MR) is 240 cm³/mol. The Morgan fingerprint density at radius 2 is 1.22 bits per heavy atom. The van der Waals surface area contributed by atoms with Crippen LogP contribution >= 0.6 is 0 Å². The third-order valence-corrected chi connectivity index (χ3v) is 11.6. The minimum Gasteiger partial charge on any atom is -0.310 e. The highest BCUT2D eigenvalue weighted by Crippen LogP contribution is 2.50. The van der Waals surface area contributed by atoms with E-state index in [0.29, 0.717) is 17.5 Å². The first-order valence-corrected chi connectivity index (χ1v) is 19.6. The van der Waals surface area contributed by atoms with E-state index < -0.39 is 0 Å². The molecular formula is C54H42N2O2. The van der Waals surface area contributed by atoms with Gasteiger partial charge in [-0.15, -0.1) is 0 Å². The molecule has 0 fully saturated rings. The van der Waals surface area contributed by atoms with E-state index in [0.717, 1.165) is 62.4 Å². The molecule has 0 saturated carbocycles. The molecule has 0 bridgehead atoms. The first-order valence-electron chi connectivity index (χ1n) is 19.6. The monoisotopic (exact) mass is 750 g/mol. The number of carbonyl (C=O) groups is 2. The van der Waals surface area contributed by atoms with Crippen LogP contribution in [0.1, 0.15) is 51.3 Å². The van der Waals surface area contributed by atoms with Crippen LogP contribution in [0.25, 0.3) is 51.0 Å². The quantitative estimate of drug-likeness (QED) is 0.131. The number of nitrogens with zero attached hydrogens (tertiary/aromatic N) is 2. The van der Waals surface area contributed by atoms with Crippen LogP contribution in [-0.4, -0.2) is 17.1 Å². The van der Waals surface area contributed by atoms with E-state index in [9.17, 15) is 9.59 Å². The van der Waals surface area contributed by atoms with E-state index >= 15 is 0 Å². The number of aromatic nitrogens is 1. The van der Waals surface area contributed by atoms with Gasteiger partial charge in [0, 0.05) is 49.9 Å². The van der Waals surface area contributed by atoms with E-state index in [1.54, 1.807) is 6.08 Å². The van der Waals surface area contributed by atoms with Crippen LogP contribution in [0.15, 0.2) is 176 Å². The van der Waals surface area contributed by atoms with Crippen molar-refractivity contribution in [3.05, 3.63) is 215 Å². The highest BCUT2D eigenvalue weighted by molar-refractivity contribution is 5.90. The van der Waals surface area contributed by atoms with Crippen molar-refractivity contribution < 1.29 is 9.59 Å². The molecule has 280 valence electrons. The SMILES string of the molecule is C=C/C=c1\c(=C/Cc2ccc(N(c3ccc(-c4ccccc4)cc3)c3ccc4c(c3)C(C)(C)c3ccccc3-4)cc2)c2cc(C=O)ccc2n1-c1ccc(C=O)cc1. The minimum absolute atomic E-state index is 0.124. The second-order valence-corrected chi connectivity index (χ2v) is 15.4. The maximum Gasteiger partial charge on any atom is 0.150 e. The Bertz CT molecular complexity index is 2970. The number of allylic oxidation sites excluding steroid dienone is 1. The molecule has 4 nitrogen and oxygen atoms in total. The molecule has 1 aliphatic carbocycles. The molecular weight excluding hydrogens is 709 g/mol. The van der Waals surface area contributed by atoms with Crippen molar-refractivity contribution in [3.8, 4) is 27.9 Å². The van der Waals surface area contributed by atoms with Crippen LogP contribution in [0.2, 0.25) is 0 Å². The van der Waals surface area contributed by atoms with Gasteiger partial charge in [-0.1, -0.05) is 118 Å². The van der Waals surface area contributed by atoms with Crippen molar-refractivity contribution in [1.29, 1.82) is 0 Å². The van der Waals surface area contributed by atoms with Crippen molar-refractivity contribution in [3.63, 3.8) is 0 Å². The summed E-state index contributed by atoms with van der Waals surface area (Å²) in [7, 11) is 0. The first-order chi connectivity index (χ1) is 28.4. The summed E-state index contributed by atoms with van der Waals surface area (Å²) < 4.78 is 2.16. The van der Waals surface area contributed by atoms with Crippen molar-refractivity contribution in [2.75, 3.05) is 4.90 Å². The van der Waals surface area contributed by atoms with Gasteiger partial charge in [0.25, 0.3) is 0 Å². The van der Waals surface area contributed by atoms with Gasteiger partial charge in [-0.05, 0) is 130 Å². The summed E-state index contributed by atoms with van der Waals surface area (Å²) in [6.45, 7) is 8.67. The normalized spacial score (nSPS) is 13.3. The van der Waals surface area contributed by atoms with E-state index in [4.69, 9.17) is 0 Å². The molecule has 0 unspecified atom stereocenters. The van der Waals surface area contributed by atoms with Crippen LogP contribution in [0.4, 0.5) is 17.1 Å². The van der Waals surface area contributed by atoms with Crippen LogP contribution in [0, 0.1) is 0 Å². The number of hydrogen-bond donors (Lipinski definition) is 0. The van der Waals surface area contributed by atoms with Gasteiger partial charge in [0.15, 0.2) is 0 Å². The molecule has 0 N–H and O–H groups in total. The summed E-state index contributed by atoms with van der Waals surface area (Å²) in [6, 6.07) is 57.1. The number of aldehydes is 2. The number of hydrogen-bond acceptors (Lipinski definition) is 3. The summed E-state index contributed by atoms with van der Waals surface area (Å²) in [4.78, 5) is 25.7. The third-order valence-electron chi connectivity index (χ3n) is 11.6. The highest BCUT2D eigenvalue weighted by Gasteiger charge is 2.35. The molecule has 0 amide bonds. The van der Waals surface area contributed by atoms with Gasteiger partial charge in [0.05, 0.1) is 10.9 Å². The standard InChI is InChI=1S/C54H42N2O2/c1-4-10-52-48(49-33-39(36-58)20-32-53(49)56(52)44-25-17-38(35-57)18-26-44)30-19-37-15-23-42(24-16-37)55(43-27-21-41(22-28-43)40-11-6-5-7-12-40)45-29-31-47-46-13-8-9-14-50(46)54(2,3)51(47)34-45/h4-18,20-36H,1,19H2,2-3H3/b48-30-,52-10+. The molecule has 0 atom stereocenters. The Hall–Kier alpha value is -7.30. The molecule has 1 aliphatic rings. The molecule has 0 spiro atoms. The molecule has 0 saturated heterocycles. The van der Waals surface area contributed by atoms with Gasteiger partial charge < -0.3 is 9.47 Å². The van der Waals surface area contributed by atoms with Crippen molar-refractivity contribution >= 4 is 52.7 Å². The Morgan fingerprint density at radius 3 is 1.93 bits per heavy atom. The van der Waals surface area contributed by atoms with Crippen LogP contribution < -0.4 is 15.5 Å². The van der Waals surface area contributed by atoms with Gasteiger partial charge in [0.2, 0.25) is 0 Å². The van der Waals surface area contributed by atoms with Crippen LogP contribution in [0.3, 0.4) is 0 Å². The zero-order chi connectivity index (χ0) is 39.8. The molecule has 9 rings (SSSR count). The van der Waals surface area contributed by atoms with Crippen molar-refractivity contribution in [1.82, 2.24) is 4.57 Å². The summed E-state index contributed by atoms with van der Waals surface area (Å²) in [5.41, 5.74) is 15.0. The van der Waals surface area contributed by atoms with E-state index in [2.05, 4.69) is 151 Å². The average molecular weight is 751 g/mol. The maximum absolute atomic E-state index is 11.9. The summed E-state index contributed by atoms with van der Waals surface area (Å²) >= 11 is 0. The molecule has 1 aromatic heterocycles. The van der Waals surface area contributed by atoms with Gasteiger partial charge in [-0.25, -0.2) is 0 Å². The van der Waals surface area contributed by atoms with Gasteiger partial charge in [-0.3, -0.25) is 9.59 Å². The second-order valence-electron chi connectivity index (χ2n) is 15.4. The molecule has 0 radical (unpaired) electrons. The van der Waals surface area contributed by atoms with Crippen LogP contribution in [0.5, 0.6) is 0 Å². The minimum atomic E-state index is -0.124. The molecule has 4 heteroatoms. The highest BCUT2D eigenvalue weighted by atomic mass is 16.1. The summed E-state index contributed by atoms with van der Waals surface area (Å²) in [6.07, 6.45) is 8.43.